The number of methoxy groups -OCH3 is 1. The largest absolute Gasteiger partial charge is 0.494 e. The zero-order valence-electron chi connectivity index (χ0n) is 17.5. The third kappa shape index (κ3) is 4.48. The first-order valence-corrected chi connectivity index (χ1v) is 10.8. The number of benzene rings is 2. The Labute approximate surface area is 184 Å². The first kappa shape index (κ1) is 22.6. The van der Waals surface area contributed by atoms with Crippen LogP contribution in [-0.2, 0) is 10.0 Å². The third-order valence-corrected chi connectivity index (χ3v) is 6.15. The Morgan fingerprint density at radius 3 is 2.59 bits per heavy atom. The molecule has 0 radical (unpaired) electrons. The van der Waals surface area contributed by atoms with Gasteiger partial charge in [0.15, 0.2) is 0 Å². The van der Waals surface area contributed by atoms with Crippen molar-refractivity contribution in [2.24, 2.45) is 4.99 Å². The molecule has 0 amide bonds. The molecule has 0 unspecified atom stereocenters. The number of anilines is 1. The second-order valence-electron chi connectivity index (χ2n) is 6.84. The molecule has 1 heterocycles. The molecule has 0 saturated heterocycles. The van der Waals surface area contributed by atoms with Gasteiger partial charge in [-0.2, -0.15) is 5.26 Å². The van der Waals surface area contributed by atoms with Crippen molar-refractivity contribution < 1.29 is 18.3 Å². The number of rotatable bonds is 6. The van der Waals surface area contributed by atoms with E-state index in [1.54, 1.807) is 37.3 Å². The van der Waals surface area contributed by atoms with E-state index in [9.17, 15) is 18.3 Å². The Morgan fingerprint density at radius 1 is 1.22 bits per heavy atom. The van der Waals surface area contributed by atoms with E-state index in [1.165, 1.54) is 38.4 Å². The molecule has 0 spiro atoms. The summed E-state index contributed by atoms with van der Waals surface area (Å²) in [7, 11) is -2.51. The molecule has 0 bridgehead atoms. The number of sulfonamides is 1. The number of hydrogen-bond acceptors (Lipinski definition) is 7. The summed E-state index contributed by atoms with van der Waals surface area (Å²) in [6, 6.07) is 12.9. The molecule has 0 aliphatic heterocycles. The maximum absolute atomic E-state index is 12.9. The van der Waals surface area contributed by atoms with Crippen molar-refractivity contribution in [3.05, 3.63) is 75.1 Å². The molecular formula is C22H20N4O5S. The van der Waals surface area contributed by atoms with Crippen LogP contribution in [0.3, 0.4) is 0 Å². The summed E-state index contributed by atoms with van der Waals surface area (Å²) in [6.45, 7) is 3.29. The summed E-state index contributed by atoms with van der Waals surface area (Å²) in [6.07, 6.45) is 1.23. The zero-order valence-corrected chi connectivity index (χ0v) is 18.3. The van der Waals surface area contributed by atoms with Crippen molar-refractivity contribution in [2.45, 2.75) is 18.7 Å². The molecule has 9 nitrogen and oxygen atoms in total. The normalized spacial score (nSPS) is 11.3. The highest BCUT2D eigenvalue weighted by Gasteiger charge is 2.18. The van der Waals surface area contributed by atoms with Crippen molar-refractivity contribution in [1.82, 2.24) is 4.98 Å². The maximum atomic E-state index is 12.9. The van der Waals surface area contributed by atoms with E-state index in [4.69, 9.17) is 10.00 Å². The van der Waals surface area contributed by atoms with Crippen molar-refractivity contribution in [3.63, 3.8) is 0 Å². The van der Waals surface area contributed by atoms with Gasteiger partial charge in [0.2, 0.25) is 5.88 Å². The van der Waals surface area contributed by atoms with Gasteiger partial charge in [-0.05, 0) is 49.2 Å². The minimum Gasteiger partial charge on any atom is -0.494 e. The van der Waals surface area contributed by atoms with Gasteiger partial charge < -0.3 is 9.84 Å². The van der Waals surface area contributed by atoms with Gasteiger partial charge in [0.1, 0.15) is 23.1 Å². The Kier molecular flexibility index (Phi) is 6.32. The Bertz CT molecular complexity index is 1420. The molecule has 164 valence electrons. The van der Waals surface area contributed by atoms with Crippen LogP contribution < -0.4 is 15.0 Å². The summed E-state index contributed by atoms with van der Waals surface area (Å²) in [4.78, 5) is 18.1. The van der Waals surface area contributed by atoms with Crippen LogP contribution in [0, 0.1) is 25.2 Å². The number of aryl methyl sites for hydroxylation is 1. The topological polar surface area (TPSA) is 145 Å². The first-order chi connectivity index (χ1) is 15.2. The maximum Gasteiger partial charge on any atom is 0.268 e. The lowest BCUT2D eigenvalue weighted by Gasteiger charge is -2.12. The number of nitrogens with one attached hydrogen (secondary N) is 2. The molecule has 1 aromatic heterocycles. The van der Waals surface area contributed by atoms with E-state index in [2.05, 4.69) is 14.7 Å². The average Bonchev–Trinajstić information content (AvgIpc) is 2.75. The van der Waals surface area contributed by atoms with Crippen LogP contribution in [0.1, 0.15) is 22.3 Å². The van der Waals surface area contributed by atoms with Crippen LogP contribution in [0.4, 0.5) is 11.4 Å². The number of pyridine rings is 1. The van der Waals surface area contributed by atoms with Gasteiger partial charge in [-0.15, -0.1) is 0 Å². The number of para-hydroxylation sites is 1. The van der Waals surface area contributed by atoms with Crippen LogP contribution >= 0.6 is 0 Å². The highest BCUT2D eigenvalue weighted by Crippen LogP contribution is 2.31. The molecule has 2 aromatic carbocycles. The molecular weight excluding hydrogens is 432 g/mol. The standard InChI is InChI=1S/C22H20N4O5S/c1-13-6-4-5-7-18(13)26-32(29,30)15-8-9-20(31-3)19(10-15)24-12-17-14(2)16(11-23)21(27)25-22(17)28/h4-10,12,26H,1-3H3,(H2,25,27,28). The van der Waals surface area contributed by atoms with Crippen LogP contribution in [0.5, 0.6) is 11.6 Å². The van der Waals surface area contributed by atoms with Gasteiger partial charge in [-0.1, -0.05) is 18.2 Å². The number of aromatic hydroxyl groups is 1. The Morgan fingerprint density at radius 2 is 1.94 bits per heavy atom. The number of aliphatic imine (C=N–C) groups is 1. The Balaban J connectivity index is 2.04. The monoisotopic (exact) mass is 452 g/mol. The second-order valence-corrected chi connectivity index (χ2v) is 8.52. The highest BCUT2D eigenvalue weighted by atomic mass is 32.2. The number of H-pyrrole nitrogens is 1. The molecule has 3 rings (SSSR count). The zero-order chi connectivity index (χ0) is 23.5. The van der Waals surface area contributed by atoms with Crippen molar-refractivity contribution in [2.75, 3.05) is 11.8 Å². The molecule has 0 atom stereocenters. The minimum atomic E-state index is -3.92. The molecule has 0 aliphatic rings. The summed E-state index contributed by atoms with van der Waals surface area (Å²) in [5.41, 5.74) is 0.869. The molecule has 0 aliphatic carbocycles. The first-order valence-electron chi connectivity index (χ1n) is 9.34. The lowest BCUT2D eigenvalue weighted by molar-refractivity contribution is 0.416. The summed E-state index contributed by atoms with van der Waals surface area (Å²) >= 11 is 0. The van der Waals surface area contributed by atoms with E-state index >= 15 is 0 Å². The van der Waals surface area contributed by atoms with Gasteiger partial charge >= 0.3 is 0 Å². The van der Waals surface area contributed by atoms with Crippen LogP contribution in [0.2, 0.25) is 0 Å². The quantitative estimate of drug-likeness (QED) is 0.490. The molecule has 10 heteroatoms. The average molecular weight is 452 g/mol. The summed E-state index contributed by atoms with van der Waals surface area (Å²) < 4.78 is 33.6. The number of nitrogens with zero attached hydrogens (tertiary/aromatic N) is 2. The van der Waals surface area contributed by atoms with E-state index in [1.807, 2.05) is 0 Å². The van der Waals surface area contributed by atoms with Gasteiger partial charge in [0.05, 0.1) is 23.3 Å². The lowest BCUT2D eigenvalue weighted by atomic mass is 10.1. The molecule has 32 heavy (non-hydrogen) atoms. The molecule has 0 saturated carbocycles. The fourth-order valence-electron chi connectivity index (χ4n) is 2.98. The highest BCUT2D eigenvalue weighted by molar-refractivity contribution is 7.92. The van der Waals surface area contributed by atoms with Crippen LogP contribution in [-0.4, -0.2) is 31.8 Å². The fraction of sp³-hybridized carbons (Fsp3) is 0.136. The molecule has 3 N–H and O–H groups in total. The van der Waals surface area contributed by atoms with Crippen LogP contribution in [0.25, 0.3) is 0 Å². The molecule has 3 aromatic rings. The predicted octanol–water partition coefficient (Wildman–Crippen LogP) is 3.13. The number of aromatic nitrogens is 1. The van der Waals surface area contributed by atoms with E-state index in [-0.39, 0.29) is 33.0 Å². The third-order valence-electron chi connectivity index (χ3n) is 4.79. The fourth-order valence-corrected chi connectivity index (χ4v) is 4.13. The number of ether oxygens (including phenoxy) is 1. The summed E-state index contributed by atoms with van der Waals surface area (Å²) in [5, 5.41) is 19.2. The SMILES string of the molecule is COc1ccc(S(=O)(=O)Nc2ccccc2C)cc1N=Cc1c(O)[nH]c(=O)c(C#N)c1C. The minimum absolute atomic E-state index is 0.0474. The number of aromatic amines is 1. The van der Waals surface area contributed by atoms with Crippen LogP contribution in [0.15, 0.2) is 57.1 Å². The van der Waals surface area contributed by atoms with Crippen molar-refractivity contribution in [1.29, 1.82) is 5.26 Å². The number of hydrogen-bond donors (Lipinski definition) is 3. The van der Waals surface area contributed by atoms with Crippen molar-refractivity contribution >= 4 is 27.6 Å². The molecule has 0 fully saturated rings. The van der Waals surface area contributed by atoms with Gasteiger partial charge in [-0.3, -0.25) is 19.5 Å². The van der Waals surface area contributed by atoms with E-state index in [0.29, 0.717) is 5.69 Å². The van der Waals surface area contributed by atoms with Gasteiger partial charge in [0, 0.05) is 6.21 Å². The predicted molar refractivity (Wildman–Crippen MR) is 120 cm³/mol. The van der Waals surface area contributed by atoms with Crippen molar-refractivity contribution in [3.8, 4) is 17.7 Å². The Hall–Kier alpha value is -4.10. The summed E-state index contributed by atoms with van der Waals surface area (Å²) in [5.74, 6) is -0.169. The smallest absolute Gasteiger partial charge is 0.268 e. The number of nitriles is 1. The van der Waals surface area contributed by atoms with E-state index in [0.717, 1.165) is 5.56 Å². The second kappa shape index (κ2) is 8.95. The van der Waals surface area contributed by atoms with Gasteiger partial charge in [-0.25, -0.2) is 8.42 Å². The van der Waals surface area contributed by atoms with Gasteiger partial charge in [0.25, 0.3) is 15.6 Å². The lowest BCUT2D eigenvalue weighted by Crippen LogP contribution is -2.14. The van der Waals surface area contributed by atoms with E-state index < -0.39 is 21.5 Å².